The molecule has 0 saturated carbocycles. The Kier molecular flexibility index (Phi) is 7.03. The second-order valence-corrected chi connectivity index (χ2v) is 8.30. The van der Waals surface area contributed by atoms with Crippen molar-refractivity contribution in [1.29, 1.82) is 0 Å². The van der Waals surface area contributed by atoms with Crippen molar-refractivity contribution in [1.82, 2.24) is 9.80 Å². The summed E-state index contributed by atoms with van der Waals surface area (Å²) in [5.74, 6) is 6.67. The Morgan fingerprint density at radius 1 is 1.03 bits per heavy atom. The van der Waals surface area contributed by atoms with Gasteiger partial charge in [-0.3, -0.25) is 9.69 Å². The maximum absolute atomic E-state index is 12.5. The molecule has 2 saturated heterocycles. The number of ether oxygens (including phenoxy) is 1. The fourth-order valence-corrected chi connectivity index (χ4v) is 4.84. The fraction of sp³-hybridized carbons (Fsp3) is 0.423. The van der Waals surface area contributed by atoms with Crippen LogP contribution in [0, 0.1) is 11.8 Å². The molecule has 0 bridgehead atoms. The molecule has 0 spiro atoms. The van der Waals surface area contributed by atoms with E-state index < -0.39 is 0 Å². The molecule has 2 aliphatic rings. The lowest BCUT2D eigenvalue weighted by Crippen LogP contribution is -2.68. The van der Waals surface area contributed by atoms with E-state index in [9.17, 15) is 9.90 Å². The second kappa shape index (κ2) is 10.1. The molecule has 2 fully saturated rings. The van der Waals surface area contributed by atoms with Crippen LogP contribution in [0.15, 0.2) is 54.6 Å². The summed E-state index contributed by atoms with van der Waals surface area (Å²) in [6.07, 6.45) is 2.01. The lowest BCUT2D eigenvalue weighted by atomic mass is 9.74. The van der Waals surface area contributed by atoms with Gasteiger partial charge >= 0.3 is 0 Å². The number of fused-ring (bicyclic) bond motifs is 1. The number of methoxy groups -OCH3 is 1. The summed E-state index contributed by atoms with van der Waals surface area (Å²) >= 11 is 0. The molecule has 2 aromatic rings. The first kappa shape index (κ1) is 21.6. The van der Waals surface area contributed by atoms with E-state index in [0.29, 0.717) is 6.54 Å². The third-order valence-corrected chi connectivity index (χ3v) is 6.41. The number of benzene rings is 2. The number of carbonyl (C=O) groups excluding carboxylic acids is 1. The zero-order valence-electron chi connectivity index (χ0n) is 18.0. The molecule has 3 atom stereocenters. The molecule has 31 heavy (non-hydrogen) atoms. The molecule has 162 valence electrons. The standard InChI is InChI=1S/C26H30N2O3/c1-31-19-25(30)27-15-5-6-16-28-23(17-27)26(24(28)18-29)22-13-11-21(12-14-22)10-9-20-7-3-2-4-8-20/h2-4,7-8,11-14,23-24,26,29H,5-6,15-19H2,1H3/t23-,24+,26+/m1/s1. The van der Waals surface area contributed by atoms with E-state index in [-0.39, 0.29) is 37.1 Å². The summed E-state index contributed by atoms with van der Waals surface area (Å²) < 4.78 is 5.07. The Balaban J connectivity index is 1.51. The maximum Gasteiger partial charge on any atom is 0.248 e. The molecule has 1 amide bonds. The number of hydrogen-bond acceptors (Lipinski definition) is 4. The van der Waals surface area contributed by atoms with E-state index in [2.05, 4.69) is 41.0 Å². The largest absolute Gasteiger partial charge is 0.395 e. The predicted octanol–water partition coefficient (Wildman–Crippen LogP) is 2.48. The molecule has 0 aliphatic carbocycles. The molecular weight excluding hydrogens is 388 g/mol. The summed E-state index contributed by atoms with van der Waals surface area (Å²) in [6.45, 7) is 2.67. The highest BCUT2D eigenvalue weighted by atomic mass is 16.5. The van der Waals surface area contributed by atoms with Crippen molar-refractivity contribution in [2.45, 2.75) is 30.8 Å². The summed E-state index contributed by atoms with van der Waals surface area (Å²) in [5.41, 5.74) is 3.17. The average Bonchev–Trinajstić information content (AvgIpc) is 2.78. The van der Waals surface area contributed by atoms with Crippen molar-refractivity contribution in [2.24, 2.45) is 0 Å². The molecule has 0 aromatic heterocycles. The number of amides is 1. The summed E-state index contributed by atoms with van der Waals surface area (Å²) in [4.78, 5) is 16.8. The van der Waals surface area contributed by atoms with Crippen molar-refractivity contribution < 1.29 is 14.6 Å². The number of hydrogen-bond donors (Lipinski definition) is 1. The quantitative estimate of drug-likeness (QED) is 0.776. The van der Waals surface area contributed by atoms with Gasteiger partial charge in [0.2, 0.25) is 5.91 Å². The lowest BCUT2D eigenvalue weighted by molar-refractivity contribution is -0.140. The van der Waals surface area contributed by atoms with Crippen molar-refractivity contribution in [3.8, 4) is 11.8 Å². The highest BCUT2D eigenvalue weighted by Gasteiger charge is 2.49. The normalized spacial score (nSPS) is 23.5. The molecule has 2 heterocycles. The Labute approximate surface area is 184 Å². The third-order valence-electron chi connectivity index (χ3n) is 6.41. The van der Waals surface area contributed by atoms with E-state index in [0.717, 1.165) is 37.1 Å². The number of rotatable bonds is 4. The highest BCUT2D eigenvalue weighted by molar-refractivity contribution is 5.77. The number of aliphatic hydroxyl groups is 1. The van der Waals surface area contributed by atoms with Gasteiger partial charge in [-0.05, 0) is 49.2 Å². The second-order valence-electron chi connectivity index (χ2n) is 8.30. The van der Waals surface area contributed by atoms with E-state index in [1.54, 1.807) is 7.11 Å². The molecular formula is C26H30N2O3. The van der Waals surface area contributed by atoms with E-state index in [4.69, 9.17) is 4.74 Å². The van der Waals surface area contributed by atoms with Crippen LogP contribution < -0.4 is 0 Å². The van der Waals surface area contributed by atoms with Crippen molar-refractivity contribution in [3.63, 3.8) is 0 Å². The van der Waals surface area contributed by atoms with Gasteiger partial charge in [0, 0.05) is 49.3 Å². The van der Waals surface area contributed by atoms with Crippen LogP contribution in [0.25, 0.3) is 0 Å². The van der Waals surface area contributed by atoms with Crippen LogP contribution in [0.2, 0.25) is 0 Å². The Morgan fingerprint density at radius 3 is 2.39 bits per heavy atom. The SMILES string of the molecule is COCC(=O)N1CCCCN2[C@H](C1)[C@H](c1ccc(C#Cc3ccccc3)cc1)[C@@H]2CO. The topological polar surface area (TPSA) is 53.0 Å². The zero-order valence-corrected chi connectivity index (χ0v) is 18.0. The first-order valence-corrected chi connectivity index (χ1v) is 11.0. The molecule has 0 radical (unpaired) electrons. The summed E-state index contributed by atoms with van der Waals surface area (Å²) in [6, 6.07) is 18.6. The van der Waals surface area contributed by atoms with Crippen LogP contribution >= 0.6 is 0 Å². The molecule has 2 aliphatic heterocycles. The minimum atomic E-state index is 0.0436. The molecule has 5 nitrogen and oxygen atoms in total. The number of carbonyl (C=O) groups is 1. The minimum Gasteiger partial charge on any atom is -0.395 e. The third kappa shape index (κ3) is 4.83. The van der Waals surface area contributed by atoms with Gasteiger partial charge in [0.15, 0.2) is 0 Å². The highest BCUT2D eigenvalue weighted by Crippen LogP contribution is 2.41. The predicted molar refractivity (Wildman–Crippen MR) is 121 cm³/mol. The van der Waals surface area contributed by atoms with Crippen molar-refractivity contribution >= 4 is 5.91 Å². The average molecular weight is 419 g/mol. The van der Waals surface area contributed by atoms with Crippen LogP contribution in [0.5, 0.6) is 0 Å². The molecule has 5 heteroatoms. The first-order chi connectivity index (χ1) is 15.2. The lowest BCUT2D eigenvalue weighted by Gasteiger charge is -2.57. The Morgan fingerprint density at radius 2 is 1.71 bits per heavy atom. The molecule has 1 N–H and O–H groups in total. The minimum absolute atomic E-state index is 0.0436. The molecule has 2 aromatic carbocycles. The monoisotopic (exact) mass is 418 g/mol. The van der Waals surface area contributed by atoms with E-state index in [1.807, 2.05) is 35.2 Å². The number of nitrogens with zero attached hydrogens (tertiary/aromatic N) is 2. The first-order valence-electron chi connectivity index (χ1n) is 11.0. The van der Waals surface area contributed by atoms with Crippen molar-refractivity contribution in [2.75, 3.05) is 40.0 Å². The summed E-state index contributed by atoms with van der Waals surface area (Å²) in [5, 5.41) is 10.1. The van der Waals surface area contributed by atoms with Gasteiger partial charge in [-0.15, -0.1) is 0 Å². The van der Waals surface area contributed by atoms with Gasteiger partial charge in [-0.1, -0.05) is 42.2 Å². The van der Waals surface area contributed by atoms with Crippen LogP contribution in [0.4, 0.5) is 0 Å². The van der Waals surface area contributed by atoms with Crippen molar-refractivity contribution in [3.05, 3.63) is 71.3 Å². The van der Waals surface area contributed by atoms with Gasteiger partial charge in [0.25, 0.3) is 0 Å². The molecule has 4 rings (SSSR count). The van der Waals surface area contributed by atoms with E-state index in [1.165, 1.54) is 5.56 Å². The van der Waals surface area contributed by atoms with Gasteiger partial charge < -0.3 is 14.7 Å². The van der Waals surface area contributed by atoms with Crippen LogP contribution in [-0.2, 0) is 9.53 Å². The Bertz CT molecular complexity index is 933. The van der Waals surface area contributed by atoms with Crippen LogP contribution in [-0.4, -0.2) is 72.9 Å². The smallest absolute Gasteiger partial charge is 0.248 e. The maximum atomic E-state index is 12.5. The molecule has 0 unspecified atom stereocenters. The number of aliphatic hydroxyl groups excluding tert-OH is 1. The zero-order chi connectivity index (χ0) is 21.6. The van der Waals surface area contributed by atoms with Gasteiger partial charge in [-0.2, -0.15) is 0 Å². The van der Waals surface area contributed by atoms with E-state index >= 15 is 0 Å². The Hall–Kier alpha value is -2.65. The van der Waals surface area contributed by atoms with Gasteiger partial charge in [0.1, 0.15) is 6.61 Å². The van der Waals surface area contributed by atoms with Gasteiger partial charge in [0.05, 0.1) is 6.61 Å². The van der Waals surface area contributed by atoms with Crippen LogP contribution in [0.3, 0.4) is 0 Å². The summed E-state index contributed by atoms with van der Waals surface area (Å²) in [7, 11) is 1.56. The fourth-order valence-electron chi connectivity index (χ4n) is 4.84. The van der Waals surface area contributed by atoms with Gasteiger partial charge in [-0.25, -0.2) is 0 Å². The van der Waals surface area contributed by atoms with Crippen LogP contribution in [0.1, 0.15) is 35.4 Å².